The zero-order valence-electron chi connectivity index (χ0n) is 13.6. The van der Waals surface area contributed by atoms with E-state index in [0.29, 0.717) is 29.0 Å². The van der Waals surface area contributed by atoms with Gasteiger partial charge in [-0.3, -0.25) is 4.79 Å². The largest absolute Gasteiger partial charge is 0.486 e. The van der Waals surface area contributed by atoms with Crippen molar-refractivity contribution in [3.8, 4) is 5.75 Å². The van der Waals surface area contributed by atoms with Crippen LogP contribution >= 0.6 is 22.9 Å². The molecule has 124 valence electrons. The van der Waals surface area contributed by atoms with Crippen LogP contribution < -0.4 is 10.1 Å². The van der Waals surface area contributed by atoms with E-state index in [1.807, 2.05) is 19.1 Å². The summed E-state index contributed by atoms with van der Waals surface area (Å²) in [4.78, 5) is 17.2. The summed E-state index contributed by atoms with van der Waals surface area (Å²) >= 11 is 7.21. The van der Waals surface area contributed by atoms with E-state index in [1.165, 1.54) is 11.3 Å². The highest BCUT2D eigenvalue weighted by Gasteiger charge is 2.15. The van der Waals surface area contributed by atoms with Crippen LogP contribution in [0.4, 0.5) is 0 Å². The minimum absolute atomic E-state index is 0.0570. The fraction of sp³-hybridized carbons (Fsp3) is 0.412. The van der Waals surface area contributed by atoms with Gasteiger partial charge in [0.05, 0.1) is 5.69 Å². The molecule has 2 rings (SSSR count). The first-order valence-electron chi connectivity index (χ1n) is 7.58. The second-order valence-electron chi connectivity index (χ2n) is 5.70. The number of thiazole rings is 1. The normalized spacial score (nSPS) is 10.8. The molecule has 1 N–H and O–H groups in total. The monoisotopic (exact) mass is 352 g/mol. The Bertz CT molecular complexity index is 653. The second-order valence-corrected chi connectivity index (χ2v) is 7.22. The summed E-state index contributed by atoms with van der Waals surface area (Å²) in [5.41, 5.74) is 0.742. The van der Waals surface area contributed by atoms with Gasteiger partial charge in [0, 0.05) is 11.6 Å². The molecule has 2 aromatic rings. The van der Waals surface area contributed by atoms with Crippen LogP contribution in [0.1, 0.15) is 40.6 Å². The molecule has 0 aliphatic rings. The number of hydrogen-bond acceptors (Lipinski definition) is 4. The first kappa shape index (κ1) is 17.8. The number of amides is 1. The lowest BCUT2D eigenvalue weighted by Gasteiger charge is -2.06. The molecule has 0 saturated carbocycles. The first-order chi connectivity index (χ1) is 11.0. The number of carbonyl (C=O) groups is 1. The zero-order chi connectivity index (χ0) is 16.8. The Morgan fingerprint density at radius 2 is 2.04 bits per heavy atom. The molecule has 0 unspecified atom stereocenters. The third-order valence-electron chi connectivity index (χ3n) is 3.23. The smallest absolute Gasteiger partial charge is 0.263 e. The summed E-state index contributed by atoms with van der Waals surface area (Å²) in [6.45, 7) is 7.14. The number of nitrogens with one attached hydrogen (secondary N) is 1. The lowest BCUT2D eigenvalue weighted by atomic mass is 10.1. The molecule has 0 atom stereocenters. The Morgan fingerprint density at radius 3 is 2.70 bits per heavy atom. The topological polar surface area (TPSA) is 51.2 Å². The van der Waals surface area contributed by atoms with E-state index < -0.39 is 0 Å². The number of hydrogen-bond donors (Lipinski definition) is 1. The highest BCUT2D eigenvalue weighted by Crippen LogP contribution is 2.21. The highest BCUT2D eigenvalue weighted by molar-refractivity contribution is 7.13. The van der Waals surface area contributed by atoms with Crippen LogP contribution in [0.3, 0.4) is 0 Å². The standard InChI is InChI=1S/C17H21ClN2O2S/c1-11(2)8-9-19-17(21)16-12(3)20-15(23-16)10-22-14-6-4-13(18)5-7-14/h4-7,11H,8-10H2,1-3H3,(H,19,21). The van der Waals surface area contributed by atoms with Gasteiger partial charge in [-0.25, -0.2) is 4.98 Å². The van der Waals surface area contributed by atoms with Crippen molar-refractivity contribution in [1.82, 2.24) is 10.3 Å². The molecule has 0 bridgehead atoms. The summed E-state index contributed by atoms with van der Waals surface area (Å²) in [5.74, 6) is 1.24. The average Bonchev–Trinajstić information content (AvgIpc) is 2.87. The van der Waals surface area contributed by atoms with E-state index in [1.54, 1.807) is 12.1 Å². The number of rotatable bonds is 7. The van der Waals surface area contributed by atoms with Gasteiger partial charge in [-0.2, -0.15) is 0 Å². The number of carbonyl (C=O) groups excluding carboxylic acids is 1. The molecule has 0 fully saturated rings. The minimum atomic E-state index is -0.0570. The molecule has 0 saturated heterocycles. The Labute approximate surface area is 145 Å². The third kappa shape index (κ3) is 5.52. The zero-order valence-corrected chi connectivity index (χ0v) is 15.1. The van der Waals surface area contributed by atoms with Crippen molar-refractivity contribution < 1.29 is 9.53 Å². The maximum absolute atomic E-state index is 12.2. The summed E-state index contributed by atoms with van der Waals surface area (Å²) in [7, 11) is 0. The molecule has 1 amide bonds. The van der Waals surface area contributed by atoms with Crippen molar-refractivity contribution >= 4 is 28.8 Å². The number of aryl methyl sites for hydroxylation is 1. The van der Waals surface area contributed by atoms with Crippen LogP contribution in [0.2, 0.25) is 5.02 Å². The van der Waals surface area contributed by atoms with Crippen LogP contribution in [-0.4, -0.2) is 17.4 Å². The number of halogens is 1. The lowest BCUT2D eigenvalue weighted by molar-refractivity contribution is 0.0955. The molecular weight excluding hydrogens is 332 g/mol. The number of aromatic nitrogens is 1. The Morgan fingerprint density at radius 1 is 1.35 bits per heavy atom. The first-order valence-corrected chi connectivity index (χ1v) is 8.78. The summed E-state index contributed by atoms with van der Waals surface area (Å²) in [5, 5.41) is 4.39. The van der Waals surface area contributed by atoms with Crippen LogP contribution in [-0.2, 0) is 6.61 Å². The fourth-order valence-corrected chi connectivity index (χ4v) is 2.98. The number of ether oxygens (including phenoxy) is 1. The Kier molecular flexibility index (Phi) is 6.42. The van der Waals surface area contributed by atoms with Gasteiger partial charge in [0.1, 0.15) is 22.2 Å². The second kappa shape index (κ2) is 8.31. The maximum atomic E-state index is 12.2. The Hall–Kier alpha value is -1.59. The van der Waals surface area contributed by atoms with Crippen molar-refractivity contribution in [2.24, 2.45) is 5.92 Å². The van der Waals surface area contributed by atoms with Crippen LogP contribution in [0, 0.1) is 12.8 Å². The SMILES string of the molecule is Cc1nc(COc2ccc(Cl)cc2)sc1C(=O)NCCC(C)C. The molecule has 23 heavy (non-hydrogen) atoms. The highest BCUT2D eigenvalue weighted by atomic mass is 35.5. The predicted octanol–water partition coefficient (Wildman–Crippen LogP) is 4.46. The van der Waals surface area contributed by atoms with Gasteiger partial charge >= 0.3 is 0 Å². The quantitative estimate of drug-likeness (QED) is 0.800. The van der Waals surface area contributed by atoms with Gasteiger partial charge in [0.15, 0.2) is 0 Å². The molecule has 1 aromatic heterocycles. The van der Waals surface area contributed by atoms with E-state index in [4.69, 9.17) is 16.3 Å². The van der Waals surface area contributed by atoms with E-state index in [-0.39, 0.29) is 5.91 Å². The van der Waals surface area contributed by atoms with Crippen LogP contribution in [0.15, 0.2) is 24.3 Å². The maximum Gasteiger partial charge on any atom is 0.263 e. The van der Waals surface area contributed by atoms with E-state index in [2.05, 4.69) is 24.1 Å². The summed E-state index contributed by atoms with van der Waals surface area (Å²) in [6.07, 6.45) is 0.968. The van der Waals surface area contributed by atoms with Crippen molar-refractivity contribution in [3.05, 3.63) is 44.9 Å². The van der Waals surface area contributed by atoms with Crippen molar-refractivity contribution in [3.63, 3.8) is 0 Å². The molecule has 0 spiro atoms. The molecule has 1 aromatic carbocycles. The molecule has 6 heteroatoms. The van der Waals surface area contributed by atoms with Crippen LogP contribution in [0.5, 0.6) is 5.75 Å². The summed E-state index contributed by atoms with van der Waals surface area (Å²) < 4.78 is 5.67. The van der Waals surface area contributed by atoms with Gasteiger partial charge in [-0.1, -0.05) is 25.4 Å². The van der Waals surface area contributed by atoms with Crippen molar-refractivity contribution in [2.75, 3.05) is 6.54 Å². The fourth-order valence-electron chi connectivity index (χ4n) is 1.96. The Balaban J connectivity index is 1.92. The molecule has 4 nitrogen and oxygen atoms in total. The third-order valence-corrected chi connectivity index (χ3v) is 4.61. The number of nitrogens with zero attached hydrogens (tertiary/aromatic N) is 1. The van der Waals surface area contributed by atoms with Gasteiger partial charge in [0.2, 0.25) is 0 Å². The average molecular weight is 353 g/mol. The molecule has 0 aliphatic heterocycles. The minimum Gasteiger partial charge on any atom is -0.486 e. The van der Waals surface area contributed by atoms with E-state index in [0.717, 1.165) is 22.9 Å². The van der Waals surface area contributed by atoms with Gasteiger partial charge in [-0.05, 0) is 43.5 Å². The van der Waals surface area contributed by atoms with E-state index >= 15 is 0 Å². The van der Waals surface area contributed by atoms with Gasteiger partial charge < -0.3 is 10.1 Å². The molecule has 1 heterocycles. The molecular formula is C17H21ClN2O2S. The summed E-state index contributed by atoms with van der Waals surface area (Å²) in [6, 6.07) is 7.17. The van der Waals surface area contributed by atoms with Gasteiger partial charge in [0.25, 0.3) is 5.91 Å². The number of benzene rings is 1. The van der Waals surface area contributed by atoms with Crippen molar-refractivity contribution in [2.45, 2.75) is 33.8 Å². The predicted molar refractivity (Wildman–Crippen MR) is 94.4 cm³/mol. The lowest BCUT2D eigenvalue weighted by Crippen LogP contribution is -2.25. The van der Waals surface area contributed by atoms with E-state index in [9.17, 15) is 4.79 Å². The van der Waals surface area contributed by atoms with Crippen molar-refractivity contribution in [1.29, 1.82) is 0 Å². The van der Waals surface area contributed by atoms with Crippen LogP contribution in [0.25, 0.3) is 0 Å². The molecule has 0 radical (unpaired) electrons. The van der Waals surface area contributed by atoms with Gasteiger partial charge in [-0.15, -0.1) is 11.3 Å². The molecule has 0 aliphatic carbocycles.